The van der Waals surface area contributed by atoms with Gasteiger partial charge in [-0.05, 0) is 0 Å². The van der Waals surface area contributed by atoms with Gasteiger partial charge >= 0.3 is 11.9 Å². The van der Waals surface area contributed by atoms with Gasteiger partial charge in [0.1, 0.15) is 0 Å². The van der Waals surface area contributed by atoms with Gasteiger partial charge in [0.15, 0.2) is 0 Å². The molecule has 0 amide bonds. The van der Waals surface area contributed by atoms with Crippen molar-refractivity contribution < 1.29 is 19.8 Å². The van der Waals surface area contributed by atoms with E-state index in [9.17, 15) is 9.59 Å². The van der Waals surface area contributed by atoms with Gasteiger partial charge in [0.25, 0.3) is 0 Å². The number of rotatable bonds is 5. The summed E-state index contributed by atoms with van der Waals surface area (Å²) in [4.78, 5) is 20.0. The first-order valence-electron chi connectivity index (χ1n) is 3.77. The third-order valence-corrected chi connectivity index (χ3v) is 1.03. The van der Waals surface area contributed by atoms with Crippen molar-refractivity contribution in [3.63, 3.8) is 0 Å². The Hall–Kier alpha value is -2.10. The average molecular weight is 194 g/mol. The smallest absolute Gasteiger partial charge is 0.328 e. The zero-order valence-electron chi connectivity index (χ0n) is 7.33. The van der Waals surface area contributed by atoms with Gasteiger partial charge in [-0.25, -0.2) is 9.59 Å². The quantitative estimate of drug-likeness (QED) is 0.512. The molecule has 0 fully saturated rings. The van der Waals surface area contributed by atoms with Crippen LogP contribution in [-0.2, 0) is 9.59 Å². The Bertz CT molecular complexity index is 276. The first-order valence-corrected chi connectivity index (χ1v) is 3.77. The van der Waals surface area contributed by atoms with E-state index in [-0.39, 0.29) is 0 Å². The average Bonchev–Trinajstić information content (AvgIpc) is 2.08. The summed E-state index contributed by atoms with van der Waals surface area (Å²) in [5, 5.41) is 16.4. The minimum absolute atomic E-state index is 0.997. The molecule has 0 saturated carbocycles. The molecule has 0 aliphatic heterocycles. The van der Waals surface area contributed by atoms with E-state index in [1.807, 2.05) is 0 Å². The van der Waals surface area contributed by atoms with Gasteiger partial charge in [0.05, 0.1) is 0 Å². The van der Waals surface area contributed by atoms with Crippen molar-refractivity contribution in [1.29, 1.82) is 0 Å². The van der Waals surface area contributed by atoms with Crippen molar-refractivity contribution in [1.82, 2.24) is 0 Å². The molecule has 0 aromatic carbocycles. The fourth-order valence-electron chi connectivity index (χ4n) is 0.532. The fourth-order valence-corrected chi connectivity index (χ4v) is 0.532. The summed E-state index contributed by atoms with van der Waals surface area (Å²) >= 11 is 0. The number of carbonyl (C=O) groups is 2. The number of carboxylic acid groups (broad SMARTS) is 2. The fraction of sp³-hybridized carbons (Fsp3) is 0. The molecule has 0 unspecified atom stereocenters. The Morgan fingerprint density at radius 3 is 1.21 bits per heavy atom. The van der Waals surface area contributed by atoms with Gasteiger partial charge < -0.3 is 10.2 Å². The van der Waals surface area contributed by atoms with Crippen LogP contribution in [0.2, 0.25) is 0 Å². The van der Waals surface area contributed by atoms with Gasteiger partial charge in [-0.1, -0.05) is 36.5 Å². The Morgan fingerprint density at radius 1 is 0.643 bits per heavy atom. The molecule has 0 aromatic rings. The van der Waals surface area contributed by atoms with Gasteiger partial charge in [-0.2, -0.15) is 0 Å². The summed E-state index contributed by atoms with van der Waals surface area (Å²) in [5.41, 5.74) is 0. The maximum atomic E-state index is 9.99. The lowest BCUT2D eigenvalue weighted by molar-refractivity contribution is -0.132. The van der Waals surface area contributed by atoms with E-state index >= 15 is 0 Å². The third kappa shape index (κ3) is 9.90. The third-order valence-electron chi connectivity index (χ3n) is 1.03. The second-order valence-corrected chi connectivity index (χ2v) is 2.16. The lowest BCUT2D eigenvalue weighted by Gasteiger charge is -1.75. The zero-order valence-corrected chi connectivity index (χ0v) is 7.33. The topological polar surface area (TPSA) is 74.6 Å². The van der Waals surface area contributed by atoms with Crippen molar-refractivity contribution in [3.05, 3.63) is 48.6 Å². The van der Waals surface area contributed by atoms with Crippen molar-refractivity contribution >= 4 is 11.9 Å². The summed E-state index contributed by atoms with van der Waals surface area (Å²) in [6, 6.07) is 0. The highest BCUT2D eigenvalue weighted by Gasteiger charge is 1.80. The minimum Gasteiger partial charge on any atom is -0.478 e. The first-order chi connectivity index (χ1) is 6.63. The van der Waals surface area contributed by atoms with Crippen LogP contribution in [0, 0.1) is 0 Å². The summed E-state index contributed by atoms with van der Waals surface area (Å²) in [6.45, 7) is 0. The van der Waals surface area contributed by atoms with Gasteiger partial charge in [0, 0.05) is 12.2 Å². The molecular formula is C10H10O4. The molecule has 0 atom stereocenters. The van der Waals surface area contributed by atoms with E-state index in [1.165, 1.54) is 24.3 Å². The highest BCUT2D eigenvalue weighted by molar-refractivity contribution is 5.80. The number of hydrogen-bond acceptors (Lipinski definition) is 2. The Labute approximate surface area is 81.2 Å². The summed E-state index contributed by atoms with van der Waals surface area (Å²) in [5.74, 6) is -2.02. The Morgan fingerprint density at radius 2 is 0.929 bits per heavy atom. The number of hydrogen-bond donors (Lipinski definition) is 2. The minimum atomic E-state index is -1.01. The molecule has 0 saturated heterocycles. The van der Waals surface area contributed by atoms with Crippen LogP contribution in [0.15, 0.2) is 48.6 Å². The molecule has 0 rings (SSSR count). The molecule has 74 valence electrons. The maximum absolute atomic E-state index is 9.99. The Kier molecular flexibility index (Phi) is 6.41. The second-order valence-electron chi connectivity index (χ2n) is 2.16. The van der Waals surface area contributed by atoms with Crippen LogP contribution < -0.4 is 0 Å². The van der Waals surface area contributed by atoms with E-state index in [4.69, 9.17) is 10.2 Å². The van der Waals surface area contributed by atoms with Crippen molar-refractivity contribution in [2.24, 2.45) is 0 Å². The molecule has 0 aliphatic carbocycles. The zero-order chi connectivity index (χ0) is 10.8. The molecule has 14 heavy (non-hydrogen) atoms. The summed E-state index contributed by atoms with van der Waals surface area (Å²) < 4.78 is 0. The maximum Gasteiger partial charge on any atom is 0.328 e. The van der Waals surface area contributed by atoms with E-state index in [1.54, 1.807) is 12.2 Å². The van der Waals surface area contributed by atoms with Crippen LogP contribution in [0.5, 0.6) is 0 Å². The second kappa shape index (κ2) is 7.54. The predicted molar refractivity (Wildman–Crippen MR) is 51.8 cm³/mol. The normalized spacial score (nSPS) is 12.3. The van der Waals surface area contributed by atoms with Crippen LogP contribution in [0.4, 0.5) is 0 Å². The molecule has 4 heteroatoms. The van der Waals surface area contributed by atoms with Gasteiger partial charge in [0.2, 0.25) is 0 Å². The van der Waals surface area contributed by atoms with Crippen molar-refractivity contribution in [2.75, 3.05) is 0 Å². The molecule has 0 heterocycles. The highest BCUT2D eigenvalue weighted by atomic mass is 16.4. The van der Waals surface area contributed by atoms with Crippen LogP contribution in [0.3, 0.4) is 0 Å². The van der Waals surface area contributed by atoms with Crippen LogP contribution in [-0.4, -0.2) is 22.2 Å². The standard InChI is InChI=1S/C10H10O4/c11-9(12)7-5-3-1-2-4-6-8-10(13)14/h1-8H,(H,11,12)(H,13,14)/b3-1?,4-2?,7-5+,8-6?. The van der Waals surface area contributed by atoms with E-state index in [2.05, 4.69) is 0 Å². The largest absolute Gasteiger partial charge is 0.478 e. The van der Waals surface area contributed by atoms with Crippen molar-refractivity contribution in [2.45, 2.75) is 0 Å². The van der Waals surface area contributed by atoms with Crippen LogP contribution in [0.1, 0.15) is 0 Å². The Balaban J connectivity index is 3.82. The van der Waals surface area contributed by atoms with Crippen LogP contribution >= 0.6 is 0 Å². The molecule has 0 bridgehead atoms. The number of aliphatic carboxylic acids is 2. The first kappa shape index (κ1) is 11.9. The van der Waals surface area contributed by atoms with Gasteiger partial charge in [-0.3, -0.25) is 0 Å². The molecule has 0 aliphatic rings. The van der Waals surface area contributed by atoms with E-state index in [0.717, 1.165) is 12.2 Å². The predicted octanol–water partition coefficient (Wildman–Crippen LogP) is 1.38. The van der Waals surface area contributed by atoms with E-state index in [0.29, 0.717) is 0 Å². The summed E-state index contributed by atoms with van der Waals surface area (Å²) in [7, 11) is 0. The molecule has 0 spiro atoms. The highest BCUT2D eigenvalue weighted by Crippen LogP contribution is 1.82. The van der Waals surface area contributed by atoms with E-state index < -0.39 is 11.9 Å². The SMILES string of the molecule is O=C(O)C=CC=CC=C/C=C/C(=O)O. The number of carboxylic acids is 2. The lowest BCUT2D eigenvalue weighted by Crippen LogP contribution is -1.84. The lowest BCUT2D eigenvalue weighted by atomic mass is 10.4. The van der Waals surface area contributed by atoms with Crippen molar-refractivity contribution in [3.8, 4) is 0 Å². The summed E-state index contributed by atoms with van der Waals surface area (Å²) in [6.07, 6.45) is 11.0. The molecule has 4 nitrogen and oxygen atoms in total. The molecule has 2 N–H and O–H groups in total. The molecule has 0 radical (unpaired) electrons. The molecular weight excluding hydrogens is 184 g/mol. The number of allylic oxidation sites excluding steroid dienone is 6. The van der Waals surface area contributed by atoms with Crippen LogP contribution in [0.25, 0.3) is 0 Å². The molecule has 0 aromatic heterocycles. The monoisotopic (exact) mass is 194 g/mol. The van der Waals surface area contributed by atoms with Gasteiger partial charge in [-0.15, -0.1) is 0 Å².